The molecule has 0 aliphatic carbocycles. The van der Waals surface area contributed by atoms with Gasteiger partial charge in [0, 0.05) is 30.9 Å². The van der Waals surface area contributed by atoms with Crippen molar-refractivity contribution >= 4 is 11.9 Å². The zero-order chi connectivity index (χ0) is 5.86. The fraction of sp³-hybridized carbons (Fsp3) is 0.500. The summed E-state index contributed by atoms with van der Waals surface area (Å²) in [7, 11) is 0. The number of hydrogen-bond acceptors (Lipinski definition) is 3. The fourth-order valence-electron chi connectivity index (χ4n) is 0.202. The zero-order valence-electron chi connectivity index (χ0n) is 6.60. The maximum atomic E-state index is 9.81. The zero-order valence-corrected chi connectivity index (χ0v) is 6.78. The van der Waals surface area contributed by atoms with E-state index < -0.39 is 11.9 Å². The average molecular weight is 165 g/mol. The predicted octanol–water partition coefficient (Wildman–Crippen LogP) is -2.79. The van der Waals surface area contributed by atoms with Gasteiger partial charge in [-0.2, -0.15) is 0 Å². The Balaban J connectivity index is -0.0000000600. The second-order valence-electron chi connectivity index (χ2n) is 1.09. The summed E-state index contributed by atoms with van der Waals surface area (Å²) in [6.07, 6.45) is 0. The first-order valence-electron chi connectivity index (χ1n) is 1.82. The van der Waals surface area contributed by atoms with Crippen LogP contribution in [-0.2, 0) is 31.4 Å². The van der Waals surface area contributed by atoms with Crippen molar-refractivity contribution in [3.8, 4) is 0 Å². The first-order chi connectivity index (χ1) is 3.13. The van der Waals surface area contributed by atoms with Gasteiger partial charge in [-0.05, 0) is 0 Å². The number of rotatable bonds is 0. The van der Waals surface area contributed by atoms with Crippen molar-refractivity contribution in [3.63, 3.8) is 0 Å². The summed E-state index contributed by atoms with van der Waals surface area (Å²) in [6.45, 7) is 2.36. The van der Waals surface area contributed by atoms with Gasteiger partial charge in [0.25, 0.3) is 0 Å². The summed E-state index contributed by atoms with van der Waals surface area (Å²) in [5.74, 6) is -1.12. The van der Waals surface area contributed by atoms with Gasteiger partial charge in [-0.25, -0.2) is 0 Å². The molecule has 0 atom stereocenters. The predicted molar refractivity (Wildman–Crippen MR) is 23.6 cm³/mol. The molecule has 49 valence electrons. The van der Waals surface area contributed by atoms with Crippen molar-refractivity contribution in [1.29, 1.82) is 0 Å². The van der Waals surface area contributed by atoms with Crippen molar-refractivity contribution in [1.82, 2.24) is 0 Å². The van der Waals surface area contributed by atoms with Crippen LogP contribution in [0.3, 0.4) is 0 Å². The van der Waals surface area contributed by atoms with E-state index in [1.165, 1.54) is 13.8 Å². The maximum absolute atomic E-state index is 9.81. The van der Waals surface area contributed by atoms with E-state index in [0.29, 0.717) is 0 Å². The molecule has 0 aliphatic heterocycles. The summed E-state index contributed by atoms with van der Waals surface area (Å²) in [5.41, 5.74) is 0. The van der Waals surface area contributed by atoms with E-state index in [1.54, 1.807) is 0 Å². The van der Waals surface area contributed by atoms with E-state index in [-0.39, 0.29) is 37.4 Å². The molecule has 0 rings (SSSR count). The Morgan fingerprint density at radius 2 is 1.44 bits per heavy atom. The third-order valence-corrected chi connectivity index (χ3v) is 0.287. The number of carbonyl (C=O) groups excluding carboxylic acids is 2. The standard InChI is InChI=1S/C4H6O3.Li.Mn.H/c1-3(5)7-4(2)6;;;/h1-2H3;;;/q;+1;;-1. The summed E-state index contributed by atoms with van der Waals surface area (Å²) in [5, 5.41) is 0. The van der Waals surface area contributed by atoms with Gasteiger partial charge in [0.2, 0.25) is 0 Å². The quantitative estimate of drug-likeness (QED) is 0.221. The first-order valence-corrected chi connectivity index (χ1v) is 1.82. The molecule has 0 N–H and O–H groups in total. The van der Waals surface area contributed by atoms with Gasteiger partial charge >= 0.3 is 30.8 Å². The van der Waals surface area contributed by atoms with Gasteiger partial charge in [-0.1, -0.05) is 0 Å². The molecule has 0 aliphatic rings. The van der Waals surface area contributed by atoms with E-state index >= 15 is 0 Å². The van der Waals surface area contributed by atoms with Crippen molar-refractivity contribution < 1.29 is 51.7 Å². The Bertz CT molecular complexity index is 96.7. The molecular formula is C4H7LiMnO3. The van der Waals surface area contributed by atoms with Gasteiger partial charge in [0.15, 0.2) is 0 Å². The number of esters is 2. The van der Waals surface area contributed by atoms with Gasteiger partial charge in [0.05, 0.1) is 0 Å². The molecule has 0 unspecified atom stereocenters. The second kappa shape index (κ2) is 8.26. The average Bonchev–Trinajstić information content (AvgIpc) is 1.27. The Morgan fingerprint density at radius 1 is 1.22 bits per heavy atom. The van der Waals surface area contributed by atoms with Gasteiger partial charge in [-0.15, -0.1) is 0 Å². The van der Waals surface area contributed by atoms with Crippen LogP contribution in [-0.4, -0.2) is 11.9 Å². The van der Waals surface area contributed by atoms with Crippen LogP contribution < -0.4 is 18.9 Å². The van der Waals surface area contributed by atoms with Crippen molar-refractivity contribution in [2.45, 2.75) is 13.8 Å². The minimum atomic E-state index is -0.562. The normalized spacial score (nSPS) is 6.00. The largest absolute Gasteiger partial charge is 1.00 e. The summed E-state index contributed by atoms with van der Waals surface area (Å²) in [6, 6.07) is 0. The molecule has 3 nitrogen and oxygen atoms in total. The molecule has 0 aromatic rings. The molecule has 0 heterocycles. The maximum Gasteiger partial charge on any atom is 1.00 e. The van der Waals surface area contributed by atoms with E-state index in [4.69, 9.17) is 0 Å². The minimum Gasteiger partial charge on any atom is -1.00 e. The molecule has 0 aromatic carbocycles. The molecule has 0 aromatic heterocycles. The molecule has 5 heteroatoms. The van der Waals surface area contributed by atoms with E-state index in [2.05, 4.69) is 4.74 Å². The number of hydrogen-bond donors (Lipinski definition) is 0. The second-order valence-corrected chi connectivity index (χ2v) is 1.09. The molecular weight excluding hydrogens is 158 g/mol. The van der Waals surface area contributed by atoms with Crippen LogP contribution in [0.5, 0.6) is 0 Å². The molecule has 0 amide bonds. The molecule has 1 radical (unpaired) electrons. The Morgan fingerprint density at radius 3 is 1.44 bits per heavy atom. The number of ether oxygens (including phenoxy) is 1. The summed E-state index contributed by atoms with van der Waals surface area (Å²) in [4.78, 5) is 19.6. The van der Waals surface area contributed by atoms with Crippen LogP contribution in [0.2, 0.25) is 0 Å². The number of carbonyl (C=O) groups is 2. The van der Waals surface area contributed by atoms with Crippen molar-refractivity contribution in [2.75, 3.05) is 0 Å². The Hall–Kier alpha value is 0.257. The molecule has 9 heavy (non-hydrogen) atoms. The third kappa shape index (κ3) is 17.8. The van der Waals surface area contributed by atoms with Crippen LogP contribution in [0.25, 0.3) is 0 Å². The van der Waals surface area contributed by atoms with Gasteiger partial charge in [-0.3, -0.25) is 9.59 Å². The summed E-state index contributed by atoms with van der Waals surface area (Å²) >= 11 is 0. The van der Waals surface area contributed by atoms with Gasteiger partial charge in [0.1, 0.15) is 0 Å². The molecule has 0 spiro atoms. The van der Waals surface area contributed by atoms with Crippen LogP contribution in [0.1, 0.15) is 15.3 Å². The van der Waals surface area contributed by atoms with Crippen molar-refractivity contribution in [3.05, 3.63) is 0 Å². The van der Waals surface area contributed by atoms with Crippen LogP contribution in [0, 0.1) is 0 Å². The Kier molecular flexibility index (Phi) is 14.8. The van der Waals surface area contributed by atoms with Crippen LogP contribution >= 0.6 is 0 Å². The van der Waals surface area contributed by atoms with Crippen LogP contribution in [0.4, 0.5) is 0 Å². The first kappa shape index (κ1) is 16.1. The van der Waals surface area contributed by atoms with Gasteiger partial charge < -0.3 is 6.16 Å². The molecule has 0 saturated carbocycles. The van der Waals surface area contributed by atoms with E-state index in [9.17, 15) is 9.59 Å². The fourth-order valence-corrected chi connectivity index (χ4v) is 0.202. The molecule has 0 saturated heterocycles. The minimum absolute atomic E-state index is 0. The van der Waals surface area contributed by atoms with Crippen molar-refractivity contribution in [2.24, 2.45) is 0 Å². The molecule has 0 fully saturated rings. The van der Waals surface area contributed by atoms with E-state index in [0.717, 1.165) is 0 Å². The monoisotopic (exact) mass is 165 g/mol. The van der Waals surface area contributed by atoms with E-state index in [1.807, 2.05) is 0 Å². The van der Waals surface area contributed by atoms with Crippen LogP contribution in [0.15, 0.2) is 0 Å². The smallest absolute Gasteiger partial charge is 1.00 e. The topological polar surface area (TPSA) is 43.4 Å². The summed E-state index contributed by atoms with van der Waals surface area (Å²) < 4.78 is 3.97. The third-order valence-electron chi connectivity index (χ3n) is 0.287. The SMILES string of the molecule is CC(=O)OC(C)=O.[H-].[Li+].[Mn]. The Labute approximate surface area is 77.6 Å². The molecule has 0 bridgehead atoms.